The lowest BCUT2D eigenvalue weighted by Gasteiger charge is -2.22. The lowest BCUT2D eigenvalue weighted by Crippen LogP contribution is -2.22. The first kappa shape index (κ1) is 8.44. The van der Waals surface area contributed by atoms with Gasteiger partial charge in [-0.2, -0.15) is 0 Å². The first-order valence-corrected chi connectivity index (χ1v) is 5.07. The summed E-state index contributed by atoms with van der Waals surface area (Å²) in [7, 11) is 0. The summed E-state index contributed by atoms with van der Waals surface area (Å²) in [5.74, 6) is 0. The van der Waals surface area contributed by atoms with Crippen LogP contribution in [0.15, 0.2) is 12.3 Å². The number of aromatic nitrogens is 1. The maximum absolute atomic E-state index is 4.42. The zero-order chi connectivity index (χ0) is 8.55. The van der Waals surface area contributed by atoms with Gasteiger partial charge < -0.3 is 0 Å². The minimum Gasteiger partial charge on any atom is -0.261 e. The fourth-order valence-electron chi connectivity index (χ4n) is 1.51. The molecule has 0 aliphatic carbocycles. The Balaban J connectivity index is 2.37. The Labute approximate surface area is 86.5 Å². The Morgan fingerprint density at radius 2 is 2.42 bits per heavy atom. The van der Waals surface area contributed by atoms with E-state index < -0.39 is 0 Å². The van der Waals surface area contributed by atoms with E-state index in [0.717, 1.165) is 19.5 Å². The quantitative estimate of drug-likeness (QED) is 0.532. The Kier molecular flexibility index (Phi) is 2.32. The summed E-state index contributed by atoms with van der Waals surface area (Å²) < 4.78 is 2.31. The lowest BCUT2D eigenvalue weighted by molar-refractivity contribution is 0.474. The first-order chi connectivity index (χ1) is 5.75. The summed E-state index contributed by atoms with van der Waals surface area (Å²) in [4.78, 5) is 4.42. The van der Waals surface area contributed by atoms with Gasteiger partial charge in [0.05, 0.1) is 0 Å². The molecule has 0 unspecified atom stereocenters. The second kappa shape index (κ2) is 3.30. The molecule has 0 aromatic carbocycles. The Hall–Kier alpha value is -0.160. The highest BCUT2D eigenvalue weighted by Crippen LogP contribution is 2.19. The van der Waals surface area contributed by atoms with E-state index in [1.807, 2.05) is 6.20 Å². The number of hydrogen-bond acceptors (Lipinski definition) is 2. The van der Waals surface area contributed by atoms with Crippen molar-refractivity contribution in [3.05, 3.63) is 29.1 Å². The minimum atomic E-state index is 1.05. The molecule has 1 aromatic heterocycles. The van der Waals surface area contributed by atoms with Crippen LogP contribution in [-0.2, 0) is 13.0 Å². The minimum absolute atomic E-state index is 1.05. The Morgan fingerprint density at radius 3 is 3.25 bits per heavy atom. The molecule has 3 heteroatoms. The molecular weight excluding hydrogens is 263 g/mol. The fraction of sp³-hybridized carbons (Fsp3) is 0.444. The van der Waals surface area contributed by atoms with Crippen LogP contribution >= 0.6 is 22.9 Å². The fourth-order valence-corrected chi connectivity index (χ4v) is 2.12. The molecule has 0 fully saturated rings. The summed E-state index contributed by atoms with van der Waals surface area (Å²) in [6.07, 6.45) is 3.06. The van der Waals surface area contributed by atoms with Crippen molar-refractivity contribution in [2.45, 2.75) is 19.9 Å². The van der Waals surface area contributed by atoms with Crippen molar-refractivity contribution in [1.82, 2.24) is 8.10 Å². The highest BCUT2D eigenvalue weighted by Gasteiger charge is 2.14. The van der Waals surface area contributed by atoms with E-state index in [2.05, 4.69) is 44.0 Å². The molecule has 1 aliphatic heterocycles. The van der Waals surface area contributed by atoms with Crippen LogP contribution in [0.25, 0.3) is 0 Å². The van der Waals surface area contributed by atoms with E-state index in [0.29, 0.717) is 0 Å². The molecule has 0 spiro atoms. The van der Waals surface area contributed by atoms with Gasteiger partial charge >= 0.3 is 0 Å². The molecule has 0 saturated heterocycles. The molecule has 1 aliphatic rings. The second-order valence-electron chi connectivity index (χ2n) is 3.21. The molecule has 64 valence electrons. The third-order valence-electron chi connectivity index (χ3n) is 2.13. The summed E-state index contributed by atoms with van der Waals surface area (Å²) in [5, 5.41) is 0. The topological polar surface area (TPSA) is 16.1 Å². The van der Waals surface area contributed by atoms with Crippen LogP contribution in [0.1, 0.15) is 16.8 Å². The van der Waals surface area contributed by atoms with Gasteiger partial charge in [0.25, 0.3) is 0 Å². The molecule has 2 nitrogen and oxygen atoms in total. The summed E-state index contributed by atoms with van der Waals surface area (Å²) in [6.45, 7) is 4.27. The number of halogens is 1. The van der Waals surface area contributed by atoms with Gasteiger partial charge in [0.15, 0.2) is 0 Å². The molecule has 1 aromatic rings. The van der Waals surface area contributed by atoms with Gasteiger partial charge in [0, 0.05) is 54.3 Å². The SMILES string of the molecule is Cc1cnc2c(c1)CN(I)CC2. The summed E-state index contributed by atoms with van der Waals surface area (Å²) in [6, 6.07) is 2.24. The smallest absolute Gasteiger partial charge is 0.0462 e. The van der Waals surface area contributed by atoms with Crippen molar-refractivity contribution in [3.8, 4) is 0 Å². The van der Waals surface area contributed by atoms with Crippen molar-refractivity contribution in [3.63, 3.8) is 0 Å². The van der Waals surface area contributed by atoms with Crippen LogP contribution in [0.3, 0.4) is 0 Å². The van der Waals surface area contributed by atoms with Crippen LogP contribution in [-0.4, -0.2) is 14.6 Å². The summed E-state index contributed by atoms with van der Waals surface area (Å²) in [5.41, 5.74) is 3.95. The number of rotatable bonds is 0. The zero-order valence-electron chi connectivity index (χ0n) is 7.05. The molecule has 2 rings (SSSR count). The largest absolute Gasteiger partial charge is 0.261 e. The van der Waals surface area contributed by atoms with Crippen molar-refractivity contribution in [2.24, 2.45) is 0 Å². The van der Waals surface area contributed by atoms with Crippen LogP contribution < -0.4 is 0 Å². The Bertz CT molecular complexity index is 299. The highest BCUT2D eigenvalue weighted by molar-refractivity contribution is 14.1. The molecule has 0 amide bonds. The number of aryl methyl sites for hydroxylation is 1. The predicted molar refractivity (Wildman–Crippen MR) is 57.1 cm³/mol. The average molecular weight is 274 g/mol. The number of fused-ring (bicyclic) bond motifs is 1. The van der Waals surface area contributed by atoms with E-state index >= 15 is 0 Å². The van der Waals surface area contributed by atoms with Gasteiger partial charge in [-0.25, -0.2) is 3.11 Å². The van der Waals surface area contributed by atoms with Crippen LogP contribution in [0.5, 0.6) is 0 Å². The van der Waals surface area contributed by atoms with Crippen LogP contribution in [0, 0.1) is 6.92 Å². The van der Waals surface area contributed by atoms with E-state index in [4.69, 9.17) is 0 Å². The number of pyridine rings is 1. The number of nitrogens with zero attached hydrogens (tertiary/aromatic N) is 2. The van der Waals surface area contributed by atoms with Gasteiger partial charge in [-0.15, -0.1) is 0 Å². The maximum Gasteiger partial charge on any atom is 0.0462 e. The maximum atomic E-state index is 4.42. The molecule has 0 radical (unpaired) electrons. The van der Waals surface area contributed by atoms with Crippen LogP contribution in [0.2, 0.25) is 0 Å². The van der Waals surface area contributed by atoms with Crippen molar-refractivity contribution in [1.29, 1.82) is 0 Å². The molecule has 0 bridgehead atoms. The van der Waals surface area contributed by atoms with E-state index in [1.165, 1.54) is 16.8 Å². The van der Waals surface area contributed by atoms with Gasteiger partial charge in [0.1, 0.15) is 0 Å². The molecular formula is C9H11IN2. The number of hydrogen-bond donors (Lipinski definition) is 0. The standard InChI is InChI=1S/C9H11IN2/c1-7-4-8-6-12(10)3-2-9(8)11-5-7/h4-5H,2-3,6H2,1H3. The van der Waals surface area contributed by atoms with Gasteiger partial charge in [-0.3, -0.25) is 4.98 Å². The predicted octanol–water partition coefficient (Wildman–Crippen LogP) is 2.10. The third kappa shape index (κ3) is 1.61. The van der Waals surface area contributed by atoms with E-state index in [1.54, 1.807) is 0 Å². The average Bonchev–Trinajstić information content (AvgIpc) is 2.03. The van der Waals surface area contributed by atoms with Crippen molar-refractivity contribution >= 4 is 22.9 Å². The van der Waals surface area contributed by atoms with Crippen molar-refractivity contribution in [2.75, 3.05) is 6.54 Å². The van der Waals surface area contributed by atoms with Crippen LogP contribution in [0.4, 0.5) is 0 Å². The molecule has 12 heavy (non-hydrogen) atoms. The second-order valence-corrected chi connectivity index (χ2v) is 4.58. The molecule has 0 N–H and O–H groups in total. The molecule has 2 heterocycles. The monoisotopic (exact) mass is 274 g/mol. The molecule has 0 saturated carbocycles. The van der Waals surface area contributed by atoms with Crippen molar-refractivity contribution < 1.29 is 0 Å². The van der Waals surface area contributed by atoms with Gasteiger partial charge in [-0.05, 0) is 18.1 Å². The first-order valence-electron chi connectivity index (χ1n) is 4.11. The zero-order valence-corrected chi connectivity index (χ0v) is 9.21. The van der Waals surface area contributed by atoms with E-state index in [-0.39, 0.29) is 0 Å². The third-order valence-corrected chi connectivity index (χ3v) is 2.95. The van der Waals surface area contributed by atoms with Gasteiger partial charge in [0.2, 0.25) is 0 Å². The Morgan fingerprint density at radius 1 is 1.58 bits per heavy atom. The lowest BCUT2D eigenvalue weighted by atomic mass is 10.1. The van der Waals surface area contributed by atoms with Gasteiger partial charge in [-0.1, -0.05) is 6.07 Å². The molecule has 0 atom stereocenters. The van der Waals surface area contributed by atoms with E-state index in [9.17, 15) is 0 Å². The normalized spacial score (nSPS) is 17.5. The summed E-state index contributed by atoms with van der Waals surface area (Å²) >= 11 is 2.37. The highest BCUT2D eigenvalue weighted by atomic mass is 127.